The van der Waals surface area contributed by atoms with Gasteiger partial charge in [-0.1, -0.05) is 6.92 Å². The van der Waals surface area contributed by atoms with Crippen molar-refractivity contribution in [3.63, 3.8) is 0 Å². The molecule has 0 aliphatic carbocycles. The van der Waals surface area contributed by atoms with Crippen LogP contribution >= 0.6 is 0 Å². The van der Waals surface area contributed by atoms with Crippen LogP contribution in [0.3, 0.4) is 0 Å². The number of H-pyrrole nitrogens is 1. The Morgan fingerprint density at radius 3 is 3.00 bits per heavy atom. The lowest BCUT2D eigenvalue weighted by molar-refractivity contribution is -0.122. The van der Waals surface area contributed by atoms with Crippen molar-refractivity contribution in [2.24, 2.45) is 5.73 Å². The summed E-state index contributed by atoms with van der Waals surface area (Å²) in [5.41, 5.74) is 7.89. The summed E-state index contributed by atoms with van der Waals surface area (Å²) >= 11 is 0. The van der Waals surface area contributed by atoms with Gasteiger partial charge >= 0.3 is 0 Å². The molecule has 0 spiro atoms. The fourth-order valence-corrected chi connectivity index (χ4v) is 1.43. The Morgan fingerprint density at radius 1 is 1.69 bits per heavy atom. The predicted molar refractivity (Wildman–Crippen MR) is 62.9 cm³/mol. The summed E-state index contributed by atoms with van der Waals surface area (Å²) in [7, 11) is 0. The zero-order valence-corrected chi connectivity index (χ0v) is 9.92. The van der Waals surface area contributed by atoms with Crippen molar-refractivity contribution in [1.29, 1.82) is 0 Å². The van der Waals surface area contributed by atoms with Crippen molar-refractivity contribution in [3.8, 4) is 0 Å². The van der Waals surface area contributed by atoms with Gasteiger partial charge in [0.05, 0.1) is 12.2 Å². The molecule has 4 N–H and O–H groups in total. The Labute approximate surface area is 95.8 Å². The average Bonchev–Trinajstić information content (AvgIpc) is 2.69. The van der Waals surface area contributed by atoms with E-state index in [0.717, 1.165) is 18.5 Å². The minimum absolute atomic E-state index is 0.0635. The van der Waals surface area contributed by atoms with E-state index in [-0.39, 0.29) is 11.9 Å². The van der Waals surface area contributed by atoms with Crippen molar-refractivity contribution < 1.29 is 4.79 Å². The first-order valence-electron chi connectivity index (χ1n) is 5.67. The molecule has 0 fully saturated rings. The predicted octanol–water partition coefficient (Wildman–Crippen LogP) is 0.504. The Hall–Kier alpha value is -1.36. The van der Waals surface area contributed by atoms with E-state index >= 15 is 0 Å². The van der Waals surface area contributed by atoms with E-state index in [1.165, 1.54) is 5.56 Å². The molecule has 0 aromatic carbocycles. The summed E-state index contributed by atoms with van der Waals surface area (Å²) in [5.74, 6) is -0.0635. The van der Waals surface area contributed by atoms with Crippen LogP contribution in [0.25, 0.3) is 0 Å². The Kier molecular flexibility index (Phi) is 4.98. The van der Waals surface area contributed by atoms with Crippen LogP contribution in [0.1, 0.15) is 31.0 Å². The summed E-state index contributed by atoms with van der Waals surface area (Å²) in [6.45, 7) is 4.56. The zero-order chi connectivity index (χ0) is 12.0. The van der Waals surface area contributed by atoms with Crippen LogP contribution in [0.4, 0.5) is 0 Å². The number of aromatic nitrogens is 2. The van der Waals surface area contributed by atoms with Crippen LogP contribution in [0, 0.1) is 6.92 Å². The smallest absolute Gasteiger partial charge is 0.236 e. The van der Waals surface area contributed by atoms with Crippen molar-refractivity contribution >= 4 is 5.91 Å². The molecule has 0 aliphatic heterocycles. The van der Waals surface area contributed by atoms with Gasteiger partial charge in [0.25, 0.3) is 0 Å². The molecule has 5 heteroatoms. The van der Waals surface area contributed by atoms with Crippen LogP contribution in [0.5, 0.6) is 0 Å². The Bertz CT molecular complexity index is 334. The molecule has 5 nitrogen and oxygen atoms in total. The molecule has 1 amide bonds. The highest BCUT2D eigenvalue weighted by Gasteiger charge is 2.09. The number of carbonyl (C=O) groups excluding carboxylic acids is 1. The normalized spacial score (nSPS) is 12.4. The third-order valence-electron chi connectivity index (χ3n) is 2.63. The van der Waals surface area contributed by atoms with Crippen molar-refractivity contribution in [2.75, 3.05) is 6.54 Å². The van der Waals surface area contributed by atoms with E-state index in [0.29, 0.717) is 13.0 Å². The maximum Gasteiger partial charge on any atom is 0.236 e. The van der Waals surface area contributed by atoms with Crippen molar-refractivity contribution in [1.82, 2.24) is 15.5 Å². The highest BCUT2D eigenvalue weighted by Crippen LogP contribution is 2.04. The fourth-order valence-electron chi connectivity index (χ4n) is 1.43. The van der Waals surface area contributed by atoms with E-state index in [1.54, 1.807) is 0 Å². The van der Waals surface area contributed by atoms with Gasteiger partial charge in [-0.05, 0) is 31.7 Å². The second-order valence-electron chi connectivity index (χ2n) is 3.93. The molecule has 16 heavy (non-hydrogen) atoms. The molecule has 90 valence electrons. The molecule has 0 saturated heterocycles. The van der Waals surface area contributed by atoms with Gasteiger partial charge in [-0.25, -0.2) is 0 Å². The molecule has 1 heterocycles. The summed E-state index contributed by atoms with van der Waals surface area (Å²) in [5, 5.41) is 9.65. The van der Waals surface area contributed by atoms with Gasteiger partial charge in [0.2, 0.25) is 5.91 Å². The first-order valence-corrected chi connectivity index (χ1v) is 5.67. The van der Waals surface area contributed by atoms with Crippen LogP contribution in [-0.4, -0.2) is 28.7 Å². The molecule has 0 aliphatic rings. The molecule has 0 bridgehead atoms. The highest BCUT2D eigenvalue weighted by molar-refractivity contribution is 5.81. The van der Waals surface area contributed by atoms with Crippen LogP contribution in [0.15, 0.2) is 6.20 Å². The van der Waals surface area contributed by atoms with Crippen LogP contribution < -0.4 is 11.1 Å². The maximum atomic E-state index is 11.3. The van der Waals surface area contributed by atoms with Crippen LogP contribution in [0.2, 0.25) is 0 Å². The van der Waals surface area contributed by atoms with Gasteiger partial charge in [0.1, 0.15) is 0 Å². The van der Waals surface area contributed by atoms with Gasteiger partial charge in [0, 0.05) is 12.2 Å². The minimum atomic E-state index is -0.379. The molecule has 1 aromatic heterocycles. The van der Waals surface area contributed by atoms with Gasteiger partial charge in [-0.15, -0.1) is 0 Å². The number of hydrogen-bond donors (Lipinski definition) is 3. The van der Waals surface area contributed by atoms with E-state index < -0.39 is 0 Å². The van der Waals surface area contributed by atoms with Gasteiger partial charge in [-0.2, -0.15) is 5.10 Å². The number of nitrogens with two attached hydrogens (primary N) is 1. The van der Waals surface area contributed by atoms with Gasteiger partial charge in [-0.3, -0.25) is 9.89 Å². The average molecular weight is 224 g/mol. The third-order valence-corrected chi connectivity index (χ3v) is 2.63. The largest absolute Gasteiger partial charge is 0.355 e. The first-order chi connectivity index (χ1) is 7.65. The molecular weight excluding hydrogens is 204 g/mol. The fraction of sp³-hybridized carbons (Fsp3) is 0.636. The molecule has 0 unspecified atom stereocenters. The number of amides is 1. The lowest BCUT2D eigenvalue weighted by Gasteiger charge is -2.09. The topological polar surface area (TPSA) is 83.8 Å². The number of nitrogens with one attached hydrogen (secondary N) is 2. The van der Waals surface area contributed by atoms with E-state index in [2.05, 4.69) is 15.5 Å². The number of aromatic amines is 1. The Morgan fingerprint density at radius 2 is 2.44 bits per heavy atom. The SMILES string of the molecule is CC[C@@H](N)C(=O)NCCCc1cn[nH]c1C. The second kappa shape index (κ2) is 6.27. The molecule has 1 atom stereocenters. The summed E-state index contributed by atoms with van der Waals surface area (Å²) in [4.78, 5) is 11.3. The molecule has 1 aromatic rings. The number of rotatable bonds is 6. The van der Waals surface area contributed by atoms with Crippen LogP contribution in [-0.2, 0) is 11.2 Å². The summed E-state index contributed by atoms with van der Waals surface area (Å²) in [6, 6.07) is -0.379. The lowest BCUT2D eigenvalue weighted by Crippen LogP contribution is -2.40. The van der Waals surface area contributed by atoms with E-state index in [1.807, 2.05) is 20.0 Å². The standard InChI is InChI=1S/C11H20N4O/c1-3-10(12)11(16)13-6-4-5-9-7-14-15-8(9)2/h7,10H,3-6,12H2,1-2H3,(H,13,16)(H,14,15)/t10-/m1/s1. The number of hydrogen-bond acceptors (Lipinski definition) is 3. The summed E-state index contributed by atoms with van der Waals surface area (Å²) in [6.07, 6.45) is 4.33. The van der Waals surface area contributed by atoms with Gasteiger partial charge in [0.15, 0.2) is 0 Å². The lowest BCUT2D eigenvalue weighted by atomic mass is 10.1. The number of carbonyl (C=O) groups is 1. The quantitative estimate of drug-likeness (QED) is 0.615. The maximum absolute atomic E-state index is 11.3. The van der Waals surface area contributed by atoms with Crippen molar-refractivity contribution in [3.05, 3.63) is 17.5 Å². The minimum Gasteiger partial charge on any atom is -0.355 e. The monoisotopic (exact) mass is 224 g/mol. The van der Waals surface area contributed by atoms with E-state index in [9.17, 15) is 4.79 Å². The second-order valence-corrected chi connectivity index (χ2v) is 3.93. The van der Waals surface area contributed by atoms with Gasteiger partial charge < -0.3 is 11.1 Å². The molecular formula is C11H20N4O. The molecule has 0 saturated carbocycles. The Balaban J connectivity index is 2.17. The van der Waals surface area contributed by atoms with Crippen molar-refractivity contribution in [2.45, 2.75) is 39.2 Å². The zero-order valence-electron chi connectivity index (χ0n) is 9.92. The third kappa shape index (κ3) is 3.66. The first kappa shape index (κ1) is 12.7. The highest BCUT2D eigenvalue weighted by atomic mass is 16.2. The molecule has 1 rings (SSSR count). The number of aryl methyl sites for hydroxylation is 2. The van der Waals surface area contributed by atoms with E-state index in [4.69, 9.17) is 5.73 Å². The number of nitrogens with zero attached hydrogens (tertiary/aromatic N) is 1. The summed E-state index contributed by atoms with van der Waals surface area (Å²) < 4.78 is 0. The molecule has 0 radical (unpaired) electrons.